The van der Waals surface area contributed by atoms with Crippen molar-refractivity contribution < 1.29 is 13.2 Å². The minimum atomic E-state index is -4.30. The maximum absolute atomic E-state index is 12.5. The van der Waals surface area contributed by atoms with E-state index in [-0.39, 0.29) is 18.1 Å². The second-order valence-corrected chi connectivity index (χ2v) is 5.44. The summed E-state index contributed by atoms with van der Waals surface area (Å²) in [4.78, 5) is 4.58. The van der Waals surface area contributed by atoms with Crippen LogP contribution in [-0.2, 0) is 6.18 Å². The van der Waals surface area contributed by atoms with Crippen molar-refractivity contribution >= 4 is 5.84 Å². The molecule has 3 unspecified atom stereocenters. The van der Waals surface area contributed by atoms with Gasteiger partial charge in [-0.3, -0.25) is 4.99 Å². The number of fused-ring (bicyclic) bond motifs is 1. The van der Waals surface area contributed by atoms with Gasteiger partial charge in [0.1, 0.15) is 5.84 Å². The van der Waals surface area contributed by atoms with Crippen LogP contribution < -0.4 is 11.1 Å². The molecule has 1 aromatic rings. The van der Waals surface area contributed by atoms with Crippen LogP contribution in [-0.4, -0.2) is 24.0 Å². The number of halogens is 3. The minimum Gasteiger partial charge on any atom is -0.365 e. The Hall–Kier alpha value is -1.56. The Morgan fingerprint density at radius 3 is 2.50 bits per heavy atom. The first-order valence-corrected chi connectivity index (χ1v) is 6.71. The molecule has 3 atom stereocenters. The first kappa shape index (κ1) is 13.4. The first-order chi connectivity index (χ1) is 9.43. The molecule has 3 N–H and O–H groups in total. The molecule has 1 fully saturated rings. The van der Waals surface area contributed by atoms with E-state index in [0.29, 0.717) is 11.4 Å². The Labute approximate surface area is 115 Å². The van der Waals surface area contributed by atoms with E-state index in [0.717, 1.165) is 31.4 Å². The van der Waals surface area contributed by atoms with Crippen molar-refractivity contribution in [2.24, 2.45) is 10.7 Å². The van der Waals surface area contributed by atoms with E-state index in [1.807, 2.05) is 0 Å². The van der Waals surface area contributed by atoms with Gasteiger partial charge in [0.05, 0.1) is 17.6 Å². The highest BCUT2D eigenvalue weighted by Gasteiger charge is 2.34. The molecule has 0 spiro atoms. The van der Waals surface area contributed by atoms with Gasteiger partial charge in [-0.05, 0) is 31.4 Å². The molecule has 0 radical (unpaired) electrons. The van der Waals surface area contributed by atoms with Gasteiger partial charge in [-0.15, -0.1) is 0 Å². The number of rotatable bonds is 1. The SMILES string of the molecule is NC1CCC2N=C(c3ccc(C(F)(F)F)cc3)NC2C1. The molecule has 3 rings (SSSR count). The van der Waals surface area contributed by atoms with Crippen LogP contribution in [0.15, 0.2) is 29.3 Å². The number of aliphatic imine (C=N–C) groups is 1. The normalized spacial score (nSPS) is 29.6. The molecule has 1 aliphatic carbocycles. The molecule has 1 aliphatic heterocycles. The highest BCUT2D eigenvalue weighted by atomic mass is 19.4. The van der Waals surface area contributed by atoms with Crippen LogP contribution in [0.25, 0.3) is 0 Å². The Balaban J connectivity index is 1.77. The number of nitrogens with zero attached hydrogens (tertiary/aromatic N) is 1. The summed E-state index contributed by atoms with van der Waals surface area (Å²) in [7, 11) is 0. The number of alkyl halides is 3. The van der Waals surface area contributed by atoms with Crippen LogP contribution in [0.4, 0.5) is 13.2 Å². The molecule has 1 heterocycles. The van der Waals surface area contributed by atoms with Crippen LogP contribution in [0.1, 0.15) is 30.4 Å². The van der Waals surface area contributed by atoms with Crippen molar-refractivity contribution in [1.29, 1.82) is 0 Å². The predicted octanol–water partition coefficient (Wildman–Crippen LogP) is 2.30. The molecule has 20 heavy (non-hydrogen) atoms. The Morgan fingerprint density at radius 1 is 1.15 bits per heavy atom. The number of hydrogen-bond acceptors (Lipinski definition) is 3. The quantitative estimate of drug-likeness (QED) is 0.831. The fourth-order valence-electron chi connectivity index (χ4n) is 2.85. The summed E-state index contributed by atoms with van der Waals surface area (Å²) in [6.45, 7) is 0. The molecule has 0 bridgehead atoms. The smallest absolute Gasteiger partial charge is 0.365 e. The summed E-state index contributed by atoms with van der Waals surface area (Å²) in [5.41, 5.74) is 5.98. The number of nitrogens with two attached hydrogens (primary N) is 1. The topological polar surface area (TPSA) is 50.4 Å². The molecule has 0 aromatic heterocycles. The van der Waals surface area contributed by atoms with Crippen LogP contribution in [0.5, 0.6) is 0 Å². The van der Waals surface area contributed by atoms with E-state index in [1.54, 1.807) is 0 Å². The summed E-state index contributed by atoms with van der Waals surface area (Å²) in [5.74, 6) is 0.683. The van der Waals surface area contributed by atoms with Crippen LogP contribution in [0.3, 0.4) is 0 Å². The van der Waals surface area contributed by atoms with Gasteiger partial charge in [0.25, 0.3) is 0 Å². The van der Waals surface area contributed by atoms with E-state index >= 15 is 0 Å². The van der Waals surface area contributed by atoms with E-state index < -0.39 is 11.7 Å². The number of hydrogen-bond donors (Lipinski definition) is 2. The number of amidine groups is 1. The Kier molecular flexibility index (Phi) is 3.20. The van der Waals surface area contributed by atoms with Gasteiger partial charge in [-0.25, -0.2) is 0 Å². The molecular formula is C14H16F3N3. The molecule has 0 saturated heterocycles. The molecule has 0 amide bonds. The van der Waals surface area contributed by atoms with Crippen molar-refractivity contribution in [3.8, 4) is 0 Å². The summed E-state index contributed by atoms with van der Waals surface area (Å²) in [6, 6.07) is 5.72. The third-order valence-electron chi connectivity index (χ3n) is 3.96. The summed E-state index contributed by atoms with van der Waals surface area (Å²) in [6.07, 6.45) is -1.56. The molecule has 2 aliphatic rings. The van der Waals surface area contributed by atoms with Crippen molar-refractivity contribution in [2.75, 3.05) is 0 Å². The van der Waals surface area contributed by atoms with Gasteiger partial charge in [-0.2, -0.15) is 13.2 Å². The number of benzene rings is 1. The van der Waals surface area contributed by atoms with Gasteiger partial charge >= 0.3 is 6.18 Å². The molecule has 1 aromatic carbocycles. The Bertz CT molecular complexity index is 521. The van der Waals surface area contributed by atoms with Crippen LogP contribution in [0, 0.1) is 0 Å². The van der Waals surface area contributed by atoms with E-state index in [9.17, 15) is 13.2 Å². The summed E-state index contributed by atoms with van der Waals surface area (Å²) in [5, 5.41) is 3.29. The lowest BCUT2D eigenvalue weighted by Gasteiger charge is -2.28. The lowest BCUT2D eigenvalue weighted by molar-refractivity contribution is -0.137. The van der Waals surface area contributed by atoms with E-state index in [2.05, 4.69) is 10.3 Å². The lowest BCUT2D eigenvalue weighted by atomic mass is 9.88. The molecule has 6 heteroatoms. The summed E-state index contributed by atoms with van der Waals surface area (Å²) < 4.78 is 37.6. The van der Waals surface area contributed by atoms with Gasteiger partial charge in [0.15, 0.2) is 0 Å². The maximum Gasteiger partial charge on any atom is 0.416 e. The van der Waals surface area contributed by atoms with Gasteiger partial charge in [0, 0.05) is 11.6 Å². The highest BCUT2D eigenvalue weighted by Crippen LogP contribution is 2.30. The van der Waals surface area contributed by atoms with Crippen molar-refractivity contribution in [3.63, 3.8) is 0 Å². The monoisotopic (exact) mass is 283 g/mol. The van der Waals surface area contributed by atoms with Gasteiger partial charge in [0.2, 0.25) is 0 Å². The zero-order chi connectivity index (χ0) is 14.3. The average Bonchev–Trinajstić information content (AvgIpc) is 2.80. The molecular weight excluding hydrogens is 267 g/mol. The second kappa shape index (κ2) is 4.77. The third kappa shape index (κ3) is 2.52. The maximum atomic E-state index is 12.5. The largest absolute Gasteiger partial charge is 0.416 e. The highest BCUT2D eigenvalue weighted by molar-refractivity contribution is 6.00. The van der Waals surface area contributed by atoms with Crippen molar-refractivity contribution in [2.45, 2.75) is 43.6 Å². The number of nitrogens with one attached hydrogen (secondary N) is 1. The molecule has 1 saturated carbocycles. The standard InChI is InChI=1S/C14H16F3N3/c15-14(16,17)9-3-1-8(2-4-9)13-19-11-6-5-10(18)7-12(11)20-13/h1-4,10-12H,5-7,18H2,(H,19,20). The van der Waals surface area contributed by atoms with E-state index in [1.165, 1.54) is 12.1 Å². The van der Waals surface area contributed by atoms with Crippen molar-refractivity contribution in [3.05, 3.63) is 35.4 Å². The fourth-order valence-corrected chi connectivity index (χ4v) is 2.85. The van der Waals surface area contributed by atoms with Crippen molar-refractivity contribution in [1.82, 2.24) is 5.32 Å². The second-order valence-electron chi connectivity index (χ2n) is 5.44. The van der Waals surface area contributed by atoms with Crippen LogP contribution in [0.2, 0.25) is 0 Å². The van der Waals surface area contributed by atoms with Crippen LogP contribution >= 0.6 is 0 Å². The van der Waals surface area contributed by atoms with E-state index in [4.69, 9.17) is 5.73 Å². The zero-order valence-electron chi connectivity index (χ0n) is 10.8. The zero-order valence-corrected chi connectivity index (χ0v) is 10.8. The predicted molar refractivity (Wildman–Crippen MR) is 70.5 cm³/mol. The van der Waals surface area contributed by atoms with Gasteiger partial charge in [-0.1, -0.05) is 12.1 Å². The minimum absolute atomic E-state index is 0.186. The fraction of sp³-hybridized carbons (Fsp3) is 0.500. The average molecular weight is 283 g/mol. The summed E-state index contributed by atoms with van der Waals surface area (Å²) >= 11 is 0. The first-order valence-electron chi connectivity index (χ1n) is 6.71. The lowest BCUT2D eigenvalue weighted by Crippen LogP contribution is -2.44. The Morgan fingerprint density at radius 2 is 1.85 bits per heavy atom. The van der Waals surface area contributed by atoms with Gasteiger partial charge < -0.3 is 11.1 Å². The molecule has 108 valence electrons. The molecule has 3 nitrogen and oxygen atoms in total. The third-order valence-corrected chi connectivity index (χ3v) is 3.96.